The molecule has 2 rings (SSSR count). The number of fused-ring (bicyclic) bond motifs is 1. The van der Waals surface area contributed by atoms with Crippen LogP contribution in [0.1, 0.15) is 0 Å². The average Bonchev–Trinajstić information content (AvgIpc) is 2.36. The number of nitrogens with two attached hydrogens (primary N) is 1. The lowest BCUT2D eigenvalue weighted by molar-refractivity contribution is -0.136. The van der Waals surface area contributed by atoms with Crippen LogP contribution in [0.2, 0.25) is 0 Å². The molecule has 0 aromatic heterocycles. The third-order valence-corrected chi connectivity index (χ3v) is 4.47. The molecular weight excluding hydrogens is 254 g/mol. The standard InChI is InChI=1S/C12H11NO4S/c13-11(12(14)15)18(16,17)10-7-3-5-8-4-1-2-6-9(8)10/h1-7,11H,13H2,(H,14,15). The maximum atomic E-state index is 12.1. The molecule has 0 fully saturated rings. The van der Waals surface area contributed by atoms with Crippen LogP contribution in [0, 0.1) is 0 Å². The molecule has 0 bridgehead atoms. The van der Waals surface area contributed by atoms with Gasteiger partial charge in [-0.2, -0.15) is 0 Å². The molecule has 0 aliphatic rings. The third kappa shape index (κ3) is 1.96. The quantitative estimate of drug-likeness (QED) is 0.862. The van der Waals surface area contributed by atoms with Crippen LogP contribution in [0.5, 0.6) is 0 Å². The first-order chi connectivity index (χ1) is 8.44. The number of rotatable bonds is 3. The normalized spacial score (nSPS) is 13.4. The highest BCUT2D eigenvalue weighted by Crippen LogP contribution is 2.24. The van der Waals surface area contributed by atoms with Gasteiger partial charge in [-0.25, -0.2) is 13.2 Å². The lowest BCUT2D eigenvalue weighted by atomic mass is 10.1. The van der Waals surface area contributed by atoms with Crippen LogP contribution >= 0.6 is 0 Å². The second kappa shape index (κ2) is 4.40. The van der Waals surface area contributed by atoms with Gasteiger partial charge in [-0.3, -0.25) is 0 Å². The zero-order valence-corrected chi connectivity index (χ0v) is 10.1. The first-order valence-electron chi connectivity index (χ1n) is 5.14. The molecule has 2 aromatic carbocycles. The minimum Gasteiger partial charge on any atom is -0.479 e. The Morgan fingerprint density at radius 1 is 1.11 bits per heavy atom. The van der Waals surface area contributed by atoms with Gasteiger partial charge in [-0.1, -0.05) is 36.4 Å². The maximum absolute atomic E-state index is 12.1. The molecular formula is C12H11NO4S. The van der Waals surface area contributed by atoms with Gasteiger partial charge >= 0.3 is 5.97 Å². The molecule has 5 nitrogen and oxygen atoms in total. The summed E-state index contributed by atoms with van der Waals surface area (Å²) in [4.78, 5) is 10.7. The minimum atomic E-state index is -4.09. The van der Waals surface area contributed by atoms with Gasteiger partial charge in [0.05, 0.1) is 4.90 Å². The fraction of sp³-hybridized carbons (Fsp3) is 0.0833. The van der Waals surface area contributed by atoms with Crippen molar-refractivity contribution >= 4 is 26.6 Å². The van der Waals surface area contributed by atoms with Gasteiger partial charge in [0.25, 0.3) is 0 Å². The number of hydrogen-bond donors (Lipinski definition) is 2. The number of sulfone groups is 1. The molecule has 0 saturated carbocycles. The van der Waals surface area contributed by atoms with E-state index in [2.05, 4.69) is 0 Å². The van der Waals surface area contributed by atoms with E-state index in [4.69, 9.17) is 10.8 Å². The predicted octanol–water partition coefficient (Wildman–Crippen LogP) is 0.983. The molecule has 0 radical (unpaired) electrons. The lowest BCUT2D eigenvalue weighted by Crippen LogP contribution is -2.38. The summed E-state index contributed by atoms with van der Waals surface area (Å²) < 4.78 is 24.2. The summed E-state index contributed by atoms with van der Waals surface area (Å²) in [6.45, 7) is 0. The largest absolute Gasteiger partial charge is 0.479 e. The van der Waals surface area contributed by atoms with Gasteiger partial charge in [0.1, 0.15) is 0 Å². The summed E-state index contributed by atoms with van der Waals surface area (Å²) in [6, 6.07) is 11.5. The molecule has 0 saturated heterocycles. The van der Waals surface area contributed by atoms with Crippen molar-refractivity contribution in [2.45, 2.75) is 10.3 Å². The Morgan fingerprint density at radius 2 is 1.72 bits per heavy atom. The van der Waals surface area contributed by atoms with E-state index in [9.17, 15) is 13.2 Å². The van der Waals surface area contributed by atoms with Gasteiger partial charge in [0.2, 0.25) is 15.2 Å². The summed E-state index contributed by atoms with van der Waals surface area (Å²) in [5.41, 5.74) is 5.23. The number of hydrogen-bond acceptors (Lipinski definition) is 4. The van der Waals surface area contributed by atoms with Gasteiger partial charge in [0.15, 0.2) is 0 Å². The molecule has 0 amide bonds. The second-order valence-electron chi connectivity index (χ2n) is 3.78. The lowest BCUT2D eigenvalue weighted by Gasteiger charge is -2.11. The Kier molecular flexibility index (Phi) is 3.06. The van der Waals surface area contributed by atoms with Crippen molar-refractivity contribution in [2.24, 2.45) is 5.73 Å². The molecule has 1 unspecified atom stereocenters. The molecule has 1 atom stereocenters. The van der Waals surface area contributed by atoms with Crippen LogP contribution in [-0.2, 0) is 14.6 Å². The van der Waals surface area contributed by atoms with E-state index in [1.54, 1.807) is 36.4 Å². The molecule has 3 N–H and O–H groups in total. The number of carboxylic acids is 1. The first-order valence-corrected chi connectivity index (χ1v) is 6.69. The molecule has 0 heterocycles. The van der Waals surface area contributed by atoms with E-state index in [1.807, 2.05) is 0 Å². The summed E-state index contributed by atoms with van der Waals surface area (Å²) in [5.74, 6) is -1.57. The van der Waals surface area contributed by atoms with E-state index in [0.29, 0.717) is 5.39 Å². The average molecular weight is 265 g/mol. The van der Waals surface area contributed by atoms with E-state index < -0.39 is 21.2 Å². The molecule has 0 aliphatic carbocycles. The highest BCUT2D eigenvalue weighted by molar-refractivity contribution is 7.93. The van der Waals surface area contributed by atoms with Crippen molar-refractivity contribution in [1.82, 2.24) is 0 Å². The molecule has 0 spiro atoms. The minimum absolute atomic E-state index is 0.0597. The Labute approximate surface area is 104 Å². The Balaban J connectivity index is 2.72. The highest BCUT2D eigenvalue weighted by Gasteiger charge is 2.31. The van der Waals surface area contributed by atoms with Crippen molar-refractivity contribution < 1.29 is 18.3 Å². The van der Waals surface area contributed by atoms with E-state index in [-0.39, 0.29) is 4.90 Å². The van der Waals surface area contributed by atoms with Crippen LogP contribution in [0.4, 0.5) is 0 Å². The summed E-state index contributed by atoms with van der Waals surface area (Å²) in [7, 11) is -4.09. The number of aliphatic carboxylic acids is 1. The predicted molar refractivity (Wildman–Crippen MR) is 66.7 cm³/mol. The van der Waals surface area contributed by atoms with Crippen LogP contribution in [0.15, 0.2) is 47.4 Å². The number of benzene rings is 2. The topological polar surface area (TPSA) is 97.5 Å². The molecule has 2 aromatic rings. The molecule has 18 heavy (non-hydrogen) atoms. The van der Waals surface area contributed by atoms with E-state index >= 15 is 0 Å². The Hall–Kier alpha value is -1.92. The van der Waals surface area contributed by atoms with E-state index in [1.165, 1.54) is 6.07 Å². The fourth-order valence-corrected chi connectivity index (χ4v) is 3.01. The van der Waals surface area contributed by atoms with Gasteiger partial charge in [0, 0.05) is 5.39 Å². The van der Waals surface area contributed by atoms with Crippen LogP contribution in [-0.4, -0.2) is 24.9 Å². The van der Waals surface area contributed by atoms with Crippen LogP contribution < -0.4 is 5.73 Å². The Morgan fingerprint density at radius 3 is 2.39 bits per heavy atom. The summed E-state index contributed by atoms with van der Waals surface area (Å²) in [5, 5.41) is 7.98. The SMILES string of the molecule is NC(C(=O)O)S(=O)(=O)c1cccc2ccccc12. The fourth-order valence-electron chi connectivity index (χ4n) is 1.71. The number of carboxylic acid groups (broad SMARTS) is 1. The molecule has 0 aliphatic heterocycles. The smallest absolute Gasteiger partial charge is 0.336 e. The highest BCUT2D eigenvalue weighted by atomic mass is 32.2. The third-order valence-electron chi connectivity index (χ3n) is 2.63. The molecule has 6 heteroatoms. The van der Waals surface area contributed by atoms with Crippen LogP contribution in [0.25, 0.3) is 10.8 Å². The molecule has 94 valence electrons. The van der Waals surface area contributed by atoms with Crippen molar-refractivity contribution in [3.05, 3.63) is 42.5 Å². The number of carbonyl (C=O) groups is 1. The maximum Gasteiger partial charge on any atom is 0.336 e. The van der Waals surface area contributed by atoms with Crippen molar-refractivity contribution in [1.29, 1.82) is 0 Å². The second-order valence-corrected chi connectivity index (χ2v) is 5.82. The van der Waals surface area contributed by atoms with Crippen molar-refractivity contribution in [3.63, 3.8) is 0 Å². The monoisotopic (exact) mass is 265 g/mol. The summed E-state index contributed by atoms with van der Waals surface area (Å²) in [6.07, 6.45) is 0. The zero-order valence-electron chi connectivity index (χ0n) is 9.28. The van der Waals surface area contributed by atoms with Gasteiger partial charge in [-0.15, -0.1) is 0 Å². The Bertz CT molecular complexity index is 704. The van der Waals surface area contributed by atoms with Gasteiger partial charge in [-0.05, 0) is 11.5 Å². The zero-order chi connectivity index (χ0) is 13.3. The van der Waals surface area contributed by atoms with Crippen molar-refractivity contribution in [3.8, 4) is 0 Å². The van der Waals surface area contributed by atoms with Crippen molar-refractivity contribution in [2.75, 3.05) is 0 Å². The van der Waals surface area contributed by atoms with E-state index in [0.717, 1.165) is 5.39 Å². The summed E-state index contributed by atoms with van der Waals surface area (Å²) >= 11 is 0. The van der Waals surface area contributed by atoms with Gasteiger partial charge < -0.3 is 10.8 Å². The first kappa shape index (κ1) is 12.5. The van der Waals surface area contributed by atoms with Crippen LogP contribution in [0.3, 0.4) is 0 Å².